The van der Waals surface area contributed by atoms with E-state index in [1.54, 1.807) is 0 Å². The first-order valence-corrected chi connectivity index (χ1v) is 6.93. The van der Waals surface area contributed by atoms with E-state index in [1.807, 2.05) is 0 Å². The summed E-state index contributed by atoms with van der Waals surface area (Å²) in [5, 5.41) is 0. The Balaban J connectivity index is 1.88. The second-order valence-corrected chi connectivity index (χ2v) is 5.09. The molecule has 2 rings (SSSR count). The Bertz CT molecular complexity index is 225. The van der Waals surface area contributed by atoms with Gasteiger partial charge in [0, 0.05) is 26.2 Å². The molecule has 0 N–H and O–H groups in total. The summed E-state index contributed by atoms with van der Waals surface area (Å²) < 4.78 is 11.3. The third-order valence-corrected chi connectivity index (χ3v) is 4.21. The van der Waals surface area contributed by atoms with Crippen molar-refractivity contribution >= 4 is 0 Å². The molecule has 0 saturated carbocycles. The van der Waals surface area contributed by atoms with Gasteiger partial charge in [-0.25, -0.2) is 0 Å². The minimum atomic E-state index is 0.186. The van der Waals surface area contributed by atoms with E-state index in [0.717, 1.165) is 65.6 Å². The Morgan fingerprint density at radius 2 is 1.82 bits per heavy atom. The van der Waals surface area contributed by atoms with Gasteiger partial charge in [-0.05, 0) is 19.5 Å². The lowest BCUT2D eigenvalue weighted by Crippen LogP contribution is -2.58. The monoisotopic (exact) mass is 242 g/mol. The summed E-state index contributed by atoms with van der Waals surface area (Å²) in [5.74, 6) is 0. The van der Waals surface area contributed by atoms with Crippen molar-refractivity contribution in [3.05, 3.63) is 0 Å². The molecular formula is C13H26N2O2. The van der Waals surface area contributed by atoms with Crippen LogP contribution in [0.5, 0.6) is 0 Å². The summed E-state index contributed by atoms with van der Waals surface area (Å²) in [4.78, 5) is 5.08. The quantitative estimate of drug-likeness (QED) is 0.712. The first kappa shape index (κ1) is 13.3. The summed E-state index contributed by atoms with van der Waals surface area (Å²) in [6.07, 6.45) is 1.13. The molecular weight excluding hydrogens is 216 g/mol. The third kappa shape index (κ3) is 2.99. The summed E-state index contributed by atoms with van der Waals surface area (Å²) in [6.45, 7) is 13.6. The maximum Gasteiger partial charge on any atom is 0.0701 e. The molecule has 0 amide bonds. The fraction of sp³-hybridized carbons (Fsp3) is 1.00. The van der Waals surface area contributed by atoms with Crippen molar-refractivity contribution in [2.24, 2.45) is 0 Å². The number of ether oxygens (including phenoxy) is 2. The Morgan fingerprint density at radius 1 is 1.12 bits per heavy atom. The number of nitrogens with zero attached hydrogens (tertiary/aromatic N) is 2. The van der Waals surface area contributed by atoms with Crippen molar-refractivity contribution in [2.75, 3.05) is 59.2 Å². The molecule has 0 aromatic carbocycles. The van der Waals surface area contributed by atoms with Crippen LogP contribution in [0.25, 0.3) is 0 Å². The molecule has 0 bridgehead atoms. The number of rotatable bonds is 5. The molecule has 0 radical (unpaired) electrons. The van der Waals surface area contributed by atoms with E-state index in [4.69, 9.17) is 9.47 Å². The highest BCUT2D eigenvalue weighted by Gasteiger charge is 2.42. The molecule has 2 aliphatic rings. The second kappa shape index (κ2) is 6.14. The molecule has 2 aliphatic heterocycles. The maximum absolute atomic E-state index is 5.66. The van der Waals surface area contributed by atoms with Gasteiger partial charge < -0.3 is 14.4 Å². The molecule has 4 heteroatoms. The molecule has 1 atom stereocenters. The van der Waals surface area contributed by atoms with Crippen LogP contribution in [0.4, 0.5) is 0 Å². The van der Waals surface area contributed by atoms with Crippen LogP contribution in [0.15, 0.2) is 0 Å². The van der Waals surface area contributed by atoms with E-state index in [1.165, 1.54) is 0 Å². The van der Waals surface area contributed by atoms with E-state index in [-0.39, 0.29) is 5.54 Å². The first-order chi connectivity index (χ1) is 8.30. The molecule has 0 aromatic heterocycles. The predicted octanol–water partition coefficient (Wildman–Crippen LogP) is 0.819. The molecule has 1 spiro atoms. The van der Waals surface area contributed by atoms with Crippen LogP contribution < -0.4 is 0 Å². The minimum Gasteiger partial charge on any atom is -0.379 e. The number of hydrogen-bond acceptors (Lipinski definition) is 4. The molecule has 2 saturated heterocycles. The van der Waals surface area contributed by atoms with E-state index in [0.29, 0.717) is 0 Å². The third-order valence-electron chi connectivity index (χ3n) is 4.21. The van der Waals surface area contributed by atoms with Crippen LogP contribution in [0.1, 0.15) is 20.3 Å². The van der Waals surface area contributed by atoms with Crippen molar-refractivity contribution < 1.29 is 9.47 Å². The largest absolute Gasteiger partial charge is 0.379 e. The van der Waals surface area contributed by atoms with E-state index >= 15 is 0 Å². The van der Waals surface area contributed by atoms with E-state index < -0.39 is 0 Å². The highest BCUT2D eigenvalue weighted by molar-refractivity contribution is 4.96. The standard InChI is InChI=1S/C13H26N2O2/c1-3-14(4-2)6-7-15-8-10-17-12-13(15)5-9-16-11-13/h3-12H2,1-2H3/t13-/m1/s1. The highest BCUT2D eigenvalue weighted by Crippen LogP contribution is 2.28. The van der Waals surface area contributed by atoms with Crippen molar-refractivity contribution in [3.63, 3.8) is 0 Å². The predicted molar refractivity (Wildman–Crippen MR) is 68.3 cm³/mol. The smallest absolute Gasteiger partial charge is 0.0701 e. The average Bonchev–Trinajstić information content (AvgIpc) is 2.82. The molecule has 0 aliphatic carbocycles. The number of likely N-dealkylation sites (N-methyl/N-ethyl adjacent to an activating group) is 1. The van der Waals surface area contributed by atoms with Crippen molar-refractivity contribution in [3.8, 4) is 0 Å². The van der Waals surface area contributed by atoms with Crippen LogP contribution in [-0.4, -0.2) is 74.5 Å². The molecule has 2 fully saturated rings. The zero-order valence-corrected chi connectivity index (χ0v) is 11.3. The van der Waals surface area contributed by atoms with Gasteiger partial charge in [0.1, 0.15) is 0 Å². The van der Waals surface area contributed by atoms with Gasteiger partial charge in [0.2, 0.25) is 0 Å². The first-order valence-electron chi connectivity index (χ1n) is 6.93. The lowest BCUT2D eigenvalue weighted by Gasteiger charge is -2.44. The fourth-order valence-corrected chi connectivity index (χ4v) is 2.88. The zero-order chi connectivity index (χ0) is 12.1. The molecule has 0 aromatic rings. The van der Waals surface area contributed by atoms with Crippen LogP contribution in [0.3, 0.4) is 0 Å². The van der Waals surface area contributed by atoms with Gasteiger partial charge in [-0.15, -0.1) is 0 Å². The van der Waals surface area contributed by atoms with Crippen LogP contribution in [-0.2, 0) is 9.47 Å². The molecule has 100 valence electrons. The Labute approximate surface area is 105 Å². The average molecular weight is 242 g/mol. The summed E-state index contributed by atoms with van der Waals surface area (Å²) >= 11 is 0. The molecule has 17 heavy (non-hydrogen) atoms. The number of hydrogen-bond donors (Lipinski definition) is 0. The van der Waals surface area contributed by atoms with Gasteiger partial charge in [0.25, 0.3) is 0 Å². The van der Waals surface area contributed by atoms with Gasteiger partial charge in [-0.1, -0.05) is 13.8 Å². The van der Waals surface area contributed by atoms with Crippen LogP contribution in [0.2, 0.25) is 0 Å². The van der Waals surface area contributed by atoms with E-state index in [9.17, 15) is 0 Å². The van der Waals surface area contributed by atoms with Gasteiger partial charge in [0.05, 0.1) is 25.4 Å². The topological polar surface area (TPSA) is 24.9 Å². The molecule has 2 heterocycles. The van der Waals surface area contributed by atoms with Crippen molar-refractivity contribution in [1.29, 1.82) is 0 Å². The SMILES string of the molecule is CCN(CC)CCN1CCOC[C@]12CCOC2. The van der Waals surface area contributed by atoms with Crippen molar-refractivity contribution in [1.82, 2.24) is 9.80 Å². The lowest BCUT2D eigenvalue weighted by molar-refractivity contribution is -0.0727. The minimum absolute atomic E-state index is 0.186. The molecule has 4 nitrogen and oxygen atoms in total. The van der Waals surface area contributed by atoms with Crippen molar-refractivity contribution in [2.45, 2.75) is 25.8 Å². The van der Waals surface area contributed by atoms with Gasteiger partial charge in [-0.3, -0.25) is 4.90 Å². The fourth-order valence-electron chi connectivity index (χ4n) is 2.88. The summed E-state index contributed by atoms with van der Waals surface area (Å²) in [5.41, 5.74) is 0.186. The Morgan fingerprint density at radius 3 is 2.47 bits per heavy atom. The maximum atomic E-state index is 5.66. The normalized spacial score (nSPS) is 30.5. The second-order valence-electron chi connectivity index (χ2n) is 5.09. The summed E-state index contributed by atoms with van der Waals surface area (Å²) in [6, 6.07) is 0. The lowest BCUT2D eigenvalue weighted by atomic mass is 9.96. The van der Waals surface area contributed by atoms with Gasteiger partial charge >= 0.3 is 0 Å². The highest BCUT2D eigenvalue weighted by atomic mass is 16.5. The van der Waals surface area contributed by atoms with E-state index in [2.05, 4.69) is 23.6 Å². The number of morpholine rings is 1. The Hall–Kier alpha value is -0.160. The van der Waals surface area contributed by atoms with Crippen LogP contribution in [0, 0.1) is 0 Å². The summed E-state index contributed by atoms with van der Waals surface area (Å²) in [7, 11) is 0. The van der Waals surface area contributed by atoms with Crippen LogP contribution >= 0.6 is 0 Å². The zero-order valence-electron chi connectivity index (χ0n) is 11.3. The molecule has 0 unspecified atom stereocenters. The van der Waals surface area contributed by atoms with Gasteiger partial charge in [-0.2, -0.15) is 0 Å². The Kier molecular flexibility index (Phi) is 4.79. The van der Waals surface area contributed by atoms with Gasteiger partial charge in [0.15, 0.2) is 0 Å².